The van der Waals surface area contributed by atoms with Crippen molar-refractivity contribution in [3.8, 4) is 0 Å². The van der Waals surface area contributed by atoms with Crippen molar-refractivity contribution in [1.29, 1.82) is 0 Å². The van der Waals surface area contributed by atoms with Crippen molar-refractivity contribution in [2.75, 3.05) is 5.32 Å². The first kappa shape index (κ1) is 12.1. The Hall–Kier alpha value is -1.40. The minimum absolute atomic E-state index is 0.0692. The van der Waals surface area contributed by atoms with Crippen LogP contribution >= 0.6 is 23.2 Å². The molecule has 90 valence electrons. The number of hydrogen-bond donors (Lipinski definition) is 1. The van der Waals surface area contributed by atoms with E-state index in [9.17, 15) is 0 Å². The van der Waals surface area contributed by atoms with E-state index in [1.165, 1.54) is 0 Å². The Morgan fingerprint density at radius 1 is 1.29 bits per heavy atom. The Morgan fingerprint density at radius 3 is 2.71 bits per heavy atom. The van der Waals surface area contributed by atoms with Gasteiger partial charge in [0.2, 0.25) is 0 Å². The lowest BCUT2D eigenvalue weighted by atomic mass is 10.3. The van der Waals surface area contributed by atoms with Crippen molar-refractivity contribution in [2.24, 2.45) is 7.05 Å². The molecule has 0 saturated carbocycles. The summed E-state index contributed by atoms with van der Waals surface area (Å²) in [5, 5.41) is 18.9. The first-order valence-electron chi connectivity index (χ1n) is 4.87. The average molecular weight is 273 g/mol. The third kappa shape index (κ3) is 2.65. The first-order valence-corrected chi connectivity index (χ1v) is 5.62. The van der Waals surface area contributed by atoms with Crippen LogP contribution in [0.3, 0.4) is 0 Å². The maximum Gasteiger partial charge on any atom is 0.174 e. The quantitative estimate of drug-likeness (QED) is 0.927. The van der Waals surface area contributed by atoms with Crippen molar-refractivity contribution < 1.29 is 0 Å². The van der Waals surface area contributed by atoms with Crippen LogP contribution in [-0.4, -0.2) is 25.0 Å². The van der Waals surface area contributed by atoms with Gasteiger partial charge in [-0.2, -0.15) is 0 Å². The summed E-state index contributed by atoms with van der Waals surface area (Å²) < 4.78 is 1.82. The summed E-state index contributed by atoms with van der Waals surface area (Å²) in [6, 6.07) is 1.55. The average Bonchev–Trinajstić information content (AvgIpc) is 2.70. The normalized spacial score (nSPS) is 12.5. The van der Waals surface area contributed by atoms with E-state index < -0.39 is 0 Å². The second-order valence-electron chi connectivity index (χ2n) is 3.54. The number of anilines is 1. The van der Waals surface area contributed by atoms with Gasteiger partial charge in [0.15, 0.2) is 16.1 Å². The summed E-state index contributed by atoms with van der Waals surface area (Å²) in [6.07, 6.45) is 1.63. The number of halogens is 2. The van der Waals surface area contributed by atoms with E-state index >= 15 is 0 Å². The molecule has 6 nitrogen and oxygen atoms in total. The lowest BCUT2D eigenvalue weighted by Gasteiger charge is -2.14. The zero-order chi connectivity index (χ0) is 12.4. The molecule has 2 aromatic heterocycles. The monoisotopic (exact) mass is 272 g/mol. The van der Waals surface area contributed by atoms with Crippen LogP contribution in [0, 0.1) is 0 Å². The summed E-state index contributed by atoms with van der Waals surface area (Å²) >= 11 is 11.7. The molecule has 2 rings (SSSR count). The van der Waals surface area contributed by atoms with Gasteiger partial charge in [-0.05, 0) is 6.92 Å². The molecule has 0 aliphatic rings. The van der Waals surface area contributed by atoms with Gasteiger partial charge in [-0.1, -0.05) is 23.2 Å². The molecule has 0 aromatic carbocycles. The highest BCUT2D eigenvalue weighted by atomic mass is 35.5. The molecule has 8 heteroatoms. The molecular formula is C9H10Cl2N6. The van der Waals surface area contributed by atoms with Gasteiger partial charge in [0.25, 0.3) is 0 Å². The fourth-order valence-corrected chi connectivity index (χ4v) is 1.73. The maximum atomic E-state index is 5.90. The third-order valence-corrected chi connectivity index (χ3v) is 2.69. The Kier molecular flexibility index (Phi) is 3.44. The lowest BCUT2D eigenvalue weighted by molar-refractivity contribution is 0.718. The molecular weight excluding hydrogens is 263 g/mol. The molecule has 1 unspecified atom stereocenters. The second-order valence-corrected chi connectivity index (χ2v) is 4.28. The van der Waals surface area contributed by atoms with Crippen LogP contribution in [0.15, 0.2) is 12.4 Å². The van der Waals surface area contributed by atoms with Crippen molar-refractivity contribution >= 4 is 28.9 Å². The molecule has 0 aliphatic carbocycles. The fourth-order valence-electron chi connectivity index (χ4n) is 1.44. The molecule has 0 amide bonds. The van der Waals surface area contributed by atoms with E-state index in [1.54, 1.807) is 12.4 Å². The summed E-state index contributed by atoms with van der Waals surface area (Å²) in [4.78, 5) is 0. The largest absolute Gasteiger partial charge is 0.373 e. The molecule has 2 aromatic rings. The van der Waals surface area contributed by atoms with Gasteiger partial charge in [-0.25, -0.2) is 0 Å². The lowest BCUT2D eigenvalue weighted by Crippen LogP contribution is -2.12. The zero-order valence-electron chi connectivity index (χ0n) is 9.22. The Morgan fingerprint density at radius 2 is 2.06 bits per heavy atom. The topological polar surface area (TPSA) is 68.5 Å². The molecule has 0 fully saturated rings. The van der Waals surface area contributed by atoms with Gasteiger partial charge >= 0.3 is 0 Å². The van der Waals surface area contributed by atoms with E-state index in [-0.39, 0.29) is 16.3 Å². The van der Waals surface area contributed by atoms with Gasteiger partial charge in [-0.3, -0.25) is 0 Å². The van der Waals surface area contributed by atoms with Crippen LogP contribution in [-0.2, 0) is 7.05 Å². The van der Waals surface area contributed by atoms with Crippen LogP contribution in [0.5, 0.6) is 0 Å². The van der Waals surface area contributed by atoms with Gasteiger partial charge < -0.3 is 9.88 Å². The molecule has 0 spiro atoms. The summed E-state index contributed by atoms with van der Waals surface area (Å²) in [5.74, 6) is 0.786. The number of nitrogens with one attached hydrogen (secondary N) is 1. The number of hydrogen-bond acceptors (Lipinski definition) is 5. The molecule has 1 atom stereocenters. The fraction of sp³-hybridized carbons (Fsp3) is 0.333. The van der Waals surface area contributed by atoms with Gasteiger partial charge in [-0.15, -0.1) is 20.4 Å². The second kappa shape index (κ2) is 4.85. The first-order chi connectivity index (χ1) is 8.08. The summed E-state index contributed by atoms with van der Waals surface area (Å²) in [5.41, 5.74) is 0.613. The molecule has 0 aliphatic heterocycles. The maximum absolute atomic E-state index is 5.90. The van der Waals surface area contributed by atoms with Crippen molar-refractivity contribution in [1.82, 2.24) is 25.0 Å². The SMILES string of the molecule is CC(Nc1cc(Cl)nnc1Cl)c1nncn1C. The van der Waals surface area contributed by atoms with E-state index in [2.05, 4.69) is 25.7 Å². The van der Waals surface area contributed by atoms with E-state index in [1.807, 2.05) is 18.5 Å². The molecule has 2 heterocycles. The van der Waals surface area contributed by atoms with Crippen LogP contribution in [0.2, 0.25) is 10.3 Å². The highest BCUT2D eigenvalue weighted by molar-refractivity contribution is 6.33. The van der Waals surface area contributed by atoms with Crippen LogP contribution in [0.1, 0.15) is 18.8 Å². The predicted molar refractivity (Wildman–Crippen MR) is 65.1 cm³/mol. The highest BCUT2D eigenvalue weighted by Gasteiger charge is 2.13. The zero-order valence-corrected chi connectivity index (χ0v) is 10.7. The molecule has 0 radical (unpaired) electrons. The van der Waals surface area contributed by atoms with Crippen molar-refractivity contribution in [3.05, 3.63) is 28.5 Å². The van der Waals surface area contributed by atoms with Gasteiger partial charge in [0, 0.05) is 13.1 Å². The number of rotatable bonds is 3. The van der Waals surface area contributed by atoms with Crippen molar-refractivity contribution in [2.45, 2.75) is 13.0 Å². The molecule has 0 saturated heterocycles. The van der Waals surface area contributed by atoms with Crippen LogP contribution < -0.4 is 5.32 Å². The van der Waals surface area contributed by atoms with E-state index in [0.717, 1.165) is 5.82 Å². The molecule has 17 heavy (non-hydrogen) atoms. The summed E-state index contributed by atoms with van der Waals surface area (Å²) in [6.45, 7) is 1.94. The Labute approximate surface area is 108 Å². The standard InChI is InChI=1S/C9H10Cl2N6/c1-5(9-16-12-4-17(9)2)13-6-3-7(10)14-15-8(6)11/h3-5H,1-2H3,(H,13,14). The minimum atomic E-state index is -0.0692. The smallest absolute Gasteiger partial charge is 0.174 e. The minimum Gasteiger partial charge on any atom is -0.373 e. The van der Waals surface area contributed by atoms with Crippen LogP contribution in [0.4, 0.5) is 5.69 Å². The summed E-state index contributed by atoms with van der Waals surface area (Å²) in [7, 11) is 1.87. The predicted octanol–water partition coefficient (Wildman–Crippen LogP) is 2.08. The van der Waals surface area contributed by atoms with E-state index in [4.69, 9.17) is 23.2 Å². The highest BCUT2D eigenvalue weighted by Crippen LogP contribution is 2.24. The third-order valence-electron chi connectivity index (χ3n) is 2.22. The van der Waals surface area contributed by atoms with E-state index in [0.29, 0.717) is 5.69 Å². The van der Waals surface area contributed by atoms with Gasteiger partial charge in [0.1, 0.15) is 6.33 Å². The number of nitrogens with zero attached hydrogens (tertiary/aromatic N) is 5. The number of aryl methyl sites for hydroxylation is 1. The Balaban J connectivity index is 2.21. The van der Waals surface area contributed by atoms with Gasteiger partial charge in [0.05, 0.1) is 11.7 Å². The molecule has 0 bridgehead atoms. The molecule has 1 N–H and O–H groups in total. The Bertz CT molecular complexity index is 526. The van der Waals surface area contributed by atoms with Crippen LogP contribution in [0.25, 0.3) is 0 Å². The van der Waals surface area contributed by atoms with Crippen molar-refractivity contribution in [3.63, 3.8) is 0 Å². The number of aromatic nitrogens is 5.